The lowest BCUT2D eigenvalue weighted by atomic mass is 9.95. The lowest BCUT2D eigenvalue weighted by molar-refractivity contribution is 0.320. The molecule has 4 nitrogen and oxygen atoms in total. The van der Waals surface area contributed by atoms with Crippen molar-refractivity contribution in [3.8, 4) is 23.2 Å². The normalized spacial score (nSPS) is 18.8. The van der Waals surface area contributed by atoms with E-state index in [1.807, 2.05) is 0 Å². The van der Waals surface area contributed by atoms with Crippen molar-refractivity contribution in [2.45, 2.75) is 69.0 Å². The minimum absolute atomic E-state index is 0.515. The maximum absolute atomic E-state index is 4.58. The van der Waals surface area contributed by atoms with Gasteiger partial charge in [-0.1, -0.05) is 86.0 Å². The molecular weight excluding hydrogens is 376 g/mol. The smallest absolute Gasteiger partial charge is 0.192 e. The number of likely N-dealkylation sites (tertiary alicyclic amines) is 1. The van der Waals surface area contributed by atoms with E-state index in [-0.39, 0.29) is 0 Å². The third kappa shape index (κ3) is 5.65. The number of thioether (sulfide) groups is 1. The highest BCUT2D eigenvalue weighted by atomic mass is 32.2. The Balaban J connectivity index is 1.43. The zero-order valence-electron chi connectivity index (χ0n) is 17.4. The summed E-state index contributed by atoms with van der Waals surface area (Å²) in [7, 11) is 0. The van der Waals surface area contributed by atoms with Crippen LogP contribution in [0.15, 0.2) is 35.5 Å². The number of aromatic nitrogens is 3. The average Bonchev–Trinajstić information content (AvgIpc) is 3.02. The van der Waals surface area contributed by atoms with Gasteiger partial charge in [-0.3, -0.25) is 9.47 Å². The minimum Gasteiger partial charge on any atom is -0.299 e. The van der Waals surface area contributed by atoms with E-state index in [9.17, 15) is 0 Å². The van der Waals surface area contributed by atoms with Crippen molar-refractivity contribution in [1.29, 1.82) is 0 Å². The van der Waals surface area contributed by atoms with Crippen LogP contribution < -0.4 is 0 Å². The molecule has 0 N–H and O–H groups in total. The summed E-state index contributed by atoms with van der Waals surface area (Å²) in [5.74, 6) is 8.56. The Kier molecular flexibility index (Phi) is 7.67. The SMILES string of the molecule is C(#CCN1CCCCCC1)CSc1nnc(-c2ccccc2)n1C1CCCCC1. The Bertz CT molecular complexity index is 806. The molecular formula is C24H32N4S. The molecule has 0 spiro atoms. The van der Waals surface area contributed by atoms with E-state index >= 15 is 0 Å². The second kappa shape index (κ2) is 10.8. The molecule has 1 aliphatic heterocycles. The van der Waals surface area contributed by atoms with E-state index in [4.69, 9.17) is 0 Å². The molecule has 29 heavy (non-hydrogen) atoms. The third-order valence-electron chi connectivity index (χ3n) is 6.04. The van der Waals surface area contributed by atoms with Crippen molar-refractivity contribution in [1.82, 2.24) is 19.7 Å². The van der Waals surface area contributed by atoms with Gasteiger partial charge >= 0.3 is 0 Å². The number of benzene rings is 1. The first-order chi connectivity index (χ1) is 14.4. The van der Waals surface area contributed by atoms with E-state index in [0.717, 1.165) is 28.8 Å². The second-order valence-electron chi connectivity index (χ2n) is 8.17. The third-order valence-corrected chi connectivity index (χ3v) is 6.86. The molecule has 1 saturated carbocycles. The van der Waals surface area contributed by atoms with Gasteiger partial charge in [-0.05, 0) is 38.8 Å². The van der Waals surface area contributed by atoms with Gasteiger partial charge in [-0.2, -0.15) is 0 Å². The van der Waals surface area contributed by atoms with Crippen LogP contribution in [-0.2, 0) is 0 Å². The monoisotopic (exact) mass is 408 g/mol. The van der Waals surface area contributed by atoms with Gasteiger partial charge in [-0.25, -0.2) is 0 Å². The van der Waals surface area contributed by atoms with E-state index < -0.39 is 0 Å². The summed E-state index contributed by atoms with van der Waals surface area (Å²) in [6.45, 7) is 3.32. The molecule has 2 fully saturated rings. The second-order valence-corrected chi connectivity index (χ2v) is 9.11. The molecule has 0 amide bonds. The molecule has 0 bridgehead atoms. The first kappa shape index (κ1) is 20.5. The van der Waals surface area contributed by atoms with Gasteiger partial charge in [0.15, 0.2) is 11.0 Å². The standard InChI is InChI=1S/C24H32N4S/c1-2-10-18-27(17-9-1)19-11-12-20-29-24-26-25-23(21-13-5-3-6-14-21)28(24)22-15-7-4-8-16-22/h3,5-6,13-14,22H,1-2,4,7-10,15-20H2. The Morgan fingerprint density at radius 3 is 2.34 bits per heavy atom. The molecule has 5 heteroatoms. The molecule has 0 unspecified atom stereocenters. The lowest BCUT2D eigenvalue weighted by Gasteiger charge is -2.25. The summed E-state index contributed by atoms with van der Waals surface area (Å²) >= 11 is 1.74. The number of hydrogen-bond donors (Lipinski definition) is 0. The summed E-state index contributed by atoms with van der Waals surface area (Å²) in [6.07, 6.45) is 11.8. The van der Waals surface area contributed by atoms with Gasteiger partial charge in [0.1, 0.15) is 0 Å². The van der Waals surface area contributed by atoms with Gasteiger partial charge < -0.3 is 0 Å². The number of hydrogen-bond acceptors (Lipinski definition) is 4. The quantitative estimate of drug-likeness (QED) is 0.488. The first-order valence-corrected chi connectivity index (χ1v) is 12.2. The van der Waals surface area contributed by atoms with Crippen LogP contribution in [0.4, 0.5) is 0 Å². The molecule has 1 saturated heterocycles. The Hall–Kier alpha value is -1.77. The molecule has 154 valence electrons. The summed E-state index contributed by atoms with van der Waals surface area (Å²) in [5.41, 5.74) is 1.16. The Morgan fingerprint density at radius 1 is 0.862 bits per heavy atom. The fraction of sp³-hybridized carbons (Fsp3) is 0.583. The minimum atomic E-state index is 0.515. The van der Waals surface area contributed by atoms with Gasteiger partial charge in [0.25, 0.3) is 0 Å². The summed E-state index contributed by atoms with van der Waals surface area (Å²) in [4.78, 5) is 2.50. The van der Waals surface area contributed by atoms with Crippen molar-refractivity contribution in [2.24, 2.45) is 0 Å². The Morgan fingerprint density at radius 2 is 1.59 bits per heavy atom. The van der Waals surface area contributed by atoms with Crippen molar-refractivity contribution in [2.75, 3.05) is 25.4 Å². The zero-order chi connectivity index (χ0) is 19.7. The van der Waals surface area contributed by atoms with Crippen molar-refractivity contribution >= 4 is 11.8 Å². The molecule has 2 heterocycles. The maximum Gasteiger partial charge on any atom is 0.192 e. The van der Waals surface area contributed by atoms with Crippen LogP contribution in [0.25, 0.3) is 11.4 Å². The van der Waals surface area contributed by atoms with Gasteiger partial charge in [-0.15, -0.1) is 10.2 Å². The van der Waals surface area contributed by atoms with Crippen LogP contribution in [0.2, 0.25) is 0 Å². The zero-order valence-corrected chi connectivity index (χ0v) is 18.2. The predicted octanol–water partition coefficient (Wildman–Crippen LogP) is 5.42. The molecule has 4 rings (SSSR count). The average molecular weight is 409 g/mol. The highest BCUT2D eigenvalue weighted by Crippen LogP contribution is 2.35. The number of rotatable bonds is 5. The fourth-order valence-electron chi connectivity index (χ4n) is 4.44. The largest absolute Gasteiger partial charge is 0.299 e. The van der Waals surface area contributed by atoms with Crippen molar-refractivity contribution in [3.05, 3.63) is 30.3 Å². The fourth-order valence-corrected chi connectivity index (χ4v) is 5.22. The van der Waals surface area contributed by atoms with Crippen LogP contribution in [0.3, 0.4) is 0 Å². The van der Waals surface area contributed by atoms with Gasteiger partial charge in [0.2, 0.25) is 0 Å². The maximum atomic E-state index is 4.58. The first-order valence-electron chi connectivity index (χ1n) is 11.2. The van der Waals surface area contributed by atoms with Crippen molar-refractivity contribution in [3.63, 3.8) is 0 Å². The summed E-state index contributed by atoms with van der Waals surface area (Å²) < 4.78 is 2.40. The van der Waals surface area contributed by atoms with Gasteiger partial charge in [0.05, 0.1) is 12.3 Å². The molecule has 1 aromatic heterocycles. The van der Waals surface area contributed by atoms with Gasteiger partial charge in [0, 0.05) is 11.6 Å². The summed E-state index contributed by atoms with van der Waals surface area (Å²) in [5, 5.41) is 10.2. The molecule has 1 aliphatic carbocycles. The van der Waals surface area contributed by atoms with Crippen LogP contribution in [0, 0.1) is 11.8 Å². The van der Waals surface area contributed by atoms with E-state index in [0.29, 0.717) is 6.04 Å². The van der Waals surface area contributed by atoms with Crippen LogP contribution in [0.5, 0.6) is 0 Å². The molecule has 2 aliphatic rings. The molecule has 1 aromatic carbocycles. The Labute approximate surface area is 179 Å². The van der Waals surface area contributed by atoms with Crippen molar-refractivity contribution < 1.29 is 0 Å². The van der Waals surface area contributed by atoms with E-state index in [1.165, 1.54) is 70.9 Å². The van der Waals surface area contributed by atoms with E-state index in [1.54, 1.807) is 11.8 Å². The molecule has 2 aromatic rings. The van der Waals surface area contributed by atoms with Crippen LogP contribution >= 0.6 is 11.8 Å². The van der Waals surface area contributed by atoms with E-state index in [2.05, 4.69) is 61.8 Å². The highest BCUT2D eigenvalue weighted by molar-refractivity contribution is 7.99. The lowest BCUT2D eigenvalue weighted by Crippen LogP contribution is -2.24. The summed E-state index contributed by atoms with van der Waals surface area (Å²) in [6, 6.07) is 11.0. The van der Waals surface area contributed by atoms with Crippen LogP contribution in [-0.4, -0.2) is 45.1 Å². The number of nitrogens with zero attached hydrogens (tertiary/aromatic N) is 4. The molecule has 0 atom stereocenters. The van der Waals surface area contributed by atoms with Crippen LogP contribution in [0.1, 0.15) is 63.8 Å². The topological polar surface area (TPSA) is 34.0 Å². The predicted molar refractivity (Wildman–Crippen MR) is 121 cm³/mol. The molecule has 0 radical (unpaired) electrons. The highest BCUT2D eigenvalue weighted by Gasteiger charge is 2.23.